The van der Waals surface area contributed by atoms with Crippen LogP contribution in [0.5, 0.6) is 5.75 Å². The molecule has 0 spiro atoms. The highest BCUT2D eigenvalue weighted by Gasteiger charge is 1.96. The first-order valence-electron chi connectivity index (χ1n) is 6.70. The number of hydrazine groups is 1. The molecule has 0 bridgehead atoms. The van der Waals surface area contributed by atoms with Gasteiger partial charge in [-0.05, 0) is 29.8 Å². The summed E-state index contributed by atoms with van der Waals surface area (Å²) < 4.78 is 17.3. The van der Waals surface area contributed by atoms with E-state index in [4.69, 9.17) is 4.74 Å². The maximum atomic E-state index is 11.9. The standard InChI is InChI=1S/C16H19FN2O/c17-11-4-12-20-16-9-7-14(8-10-16)13-18-19-15-5-2-1-3-6-15/h1-3,5-10,18-19H,4,11-13H2. The van der Waals surface area contributed by atoms with Crippen LogP contribution < -0.4 is 15.6 Å². The van der Waals surface area contributed by atoms with Gasteiger partial charge in [0.2, 0.25) is 0 Å². The van der Waals surface area contributed by atoms with E-state index in [1.807, 2.05) is 54.6 Å². The predicted octanol–water partition coefficient (Wildman–Crippen LogP) is 3.54. The Morgan fingerprint density at radius 3 is 2.40 bits per heavy atom. The molecule has 4 heteroatoms. The largest absolute Gasteiger partial charge is 0.494 e. The van der Waals surface area contributed by atoms with Gasteiger partial charge in [-0.2, -0.15) is 0 Å². The van der Waals surface area contributed by atoms with Crippen molar-refractivity contribution in [2.75, 3.05) is 18.7 Å². The number of benzene rings is 2. The molecular formula is C16H19FN2O. The smallest absolute Gasteiger partial charge is 0.119 e. The Bertz CT molecular complexity index is 488. The van der Waals surface area contributed by atoms with E-state index < -0.39 is 0 Å². The average molecular weight is 274 g/mol. The van der Waals surface area contributed by atoms with Crippen LogP contribution in [-0.4, -0.2) is 13.3 Å². The van der Waals surface area contributed by atoms with Gasteiger partial charge in [0.05, 0.1) is 13.3 Å². The lowest BCUT2D eigenvalue weighted by atomic mass is 10.2. The molecule has 0 fully saturated rings. The number of rotatable bonds is 8. The van der Waals surface area contributed by atoms with E-state index in [2.05, 4.69) is 10.9 Å². The molecule has 20 heavy (non-hydrogen) atoms. The summed E-state index contributed by atoms with van der Waals surface area (Å²) in [7, 11) is 0. The van der Waals surface area contributed by atoms with E-state index in [-0.39, 0.29) is 6.67 Å². The van der Waals surface area contributed by atoms with Crippen LogP contribution in [0.3, 0.4) is 0 Å². The minimum atomic E-state index is -0.340. The zero-order valence-corrected chi connectivity index (χ0v) is 11.3. The first-order chi connectivity index (χ1) is 9.88. The van der Waals surface area contributed by atoms with Gasteiger partial charge in [0.15, 0.2) is 0 Å². The number of hydrogen-bond acceptors (Lipinski definition) is 3. The minimum absolute atomic E-state index is 0.340. The lowest BCUT2D eigenvalue weighted by Gasteiger charge is -2.09. The Balaban J connectivity index is 1.73. The predicted molar refractivity (Wildman–Crippen MR) is 79.4 cm³/mol. The van der Waals surface area contributed by atoms with Gasteiger partial charge in [-0.1, -0.05) is 30.3 Å². The van der Waals surface area contributed by atoms with Gasteiger partial charge in [0, 0.05) is 18.7 Å². The molecule has 0 saturated carbocycles. The van der Waals surface area contributed by atoms with Crippen LogP contribution in [0.15, 0.2) is 54.6 Å². The van der Waals surface area contributed by atoms with Crippen molar-refractivity contribution in [1.29, 1.82) is 0 Å². The number of anilines is 1. The minimum Gasteiger partial charge on any atom is -0.494 e. The number of halogens is 1. The molecule has 0 aromatic heterocycles. The third kappa shape index (κ3) is 4.90. The fourth-order valence-corrected chi connectivity index (χ4v) is 1.72. The molecule has 0 radical (unpaired) electrons. The summed E-state index contributed by atoms with van der Waals surface area (Å²) in [6, 6.07) is 17.7. The summed E-state index contributed by atoms with van der Waals surface area (Å²) in [5.74, 6) is 0.776. The molecule has 3 nitrogen and oxygen atoms in total. The maximum Gasteiger partial charge on any atom is 0.119 e. The second-order valence-corrected chi connectivity index (χ2v) is 4.38. The zero-order chi connectivity index (χ0) is 14.0. The fraction of sp³-hybridized carbons (Fsp3) is 0.250. The molecule has 0 aliphatic rings. The van der Waals surface area contributed by atoms with Crippen LogP contribution in [0.2, 0.25) is 0 Å². The molecule has 0 unspecified atom stereocenters. The zero-order valence-electron chi connectivity index (χ0n) is 11.3. The second kappa shape index (κ2) is 8.17. The fourth-order valence-electron chi connectivity index (χ4n) is 1.72. The molecule has 2 rings (SSSR count). The van der Waals surface area contributed by atoms with Gasteiger partial charge in [0.1, 0.15) is 5.75 Å². The van der Waals surface area contributed by atoms with E-state index in [9.17, 15) is 4.39 Å². The van der Waals surface area contributed by atoms with Gasteiger partial charge in [-0.25, -0.2) is 5.43 Å². The molecule has 2 aromatic rings. The third-order valence-electron chi connectivity index (χ3n) is 2.77. The van der Waals surface area contributed by atoms with Crippen LogP contribution in [-0.2, 0) is 6.54 Å². The van der Waals surface area contributed by atoms with Gasteiger partial charge < -0.3 is 10.2 Å². The summed E-state index contributed by atoms with van der Waals surface area (Å²) in [6.45, 7) is 0.788. The number of alkyl halides is 1. The third-order valence-corrected chi connectivity index (χ3v) is 2.77. The van der Waals surface area contributed by atoms with Crippen LogP contribution in [0.25, 0.3) is 0 Å². The van der Waals surface area contributed by atoms with Crippen molar-refractivity contribution in [3.63, 3.8) is 0 Å². The summed E-state index contributed by atoms with van der Waals surface area (Å²) in [4.78, 5) is 0. The Morgan fingerprint density at radius 2 is 1.70 bits per heavy atom. The Hall–Kier alpha value is -2.07. The van der Waals surface area contributed by atoms with E-state index in [0.29, 0.717) is 19.6 Å². The summed E-state index contributed by atoms with van der Waals surface area (Å²) in [5.41, 5.74) is 8.45. The van der Waals surface area contributed by atoms with E-state index in [1.54, 1.807) is 0 Å². The highest BCUT2D eigenvalue weighted by atomic mass is 19.1. The van der Waals surface area contributed by atoms with Crippen molar-refractivity contribution in [3.8, 4) is 5.75 Å². The quantitative estimate of drug-likeness (QED) is 0.570. The molecule has 0 amide bonds. The maximum absolute atomic E-state index is 11.9. The van der Waals surface area contributed by atoms with Crippen LogP contribution in [0.4, 0.5) is 10.1 Å². The Labute approximate surface area is 118 Å². The lowest BCUT2D eigenvalue weighted by Crippen LogP contribution is -2.20. The Kier molecular flexibility index (Phi) is 5.86. The van der Waals surface area contributed by atoms with Crippen molar-refractivity contribution < 1.29 is 9.13 Å². The van der Waals surface area contributed by atoms with Gasteiger partial charge in [0.25, 0.3) is 0 Å². The molecule has 0 saturated heterocycles. The lowest BCUT2D eigenvalue weighted by molar-refractivity contribution is 0.289. The van der Waals surface area contributed by atoms with Gasteiger partial charge in [-0.3, -0.25) is 4.39 Å². The van der Waals surface area contributed by atoms with Gasteiger partial charge in [-0.15, -0.1) is 0 Å². The molecule has 0 aliphatic heterocycles. The normalized spacial score (nSPS) is 10.2. The van der Waals surface area contributed by atoms with Crippen molar-refractivity contribution in [2.24, 2.45) is 0 Å². The monoisotopic (exact) mass is 274 g/mol. The SMILES string of the molecule is FCCCOc1ccc(CNNc2ccccc2)cc1. The molecule has 106 valence electrons. The first-order valence-corrected chi connectivity index (χ1v) is 6.70. The number of para-hydroxylation sites is 1. The second-order valence-electron chi connectivity index (χ2n) is 4.38. The number of ether oxygens (including phenoxy) is 1. The molecule has 0 atom stereocenters. The molecular weight excluding hydrogens is 255 g/mol. The average Bonchev–Trinajstić information content (AvgIpc) is 2.50. The summed E-state index contributed by atoms with van der Waals surface area (Å²) >= 11 is 0. The highest BCUT2D eigenvalue weighted by Crippen LogP contribution is 2.12. The molecule has 0 heterocycles. The molecule has 2 N–H and O–H groups in total. The highest BCUT2D eigenvalue weighted by molar-refractivity contribution is 5.41. The van der Waals surface area contributed by atoms with Crippen LogP contribution in [0, 0.1) is 0 Å². The summed E-state index contributed by atoms with van der Waals surface area (Å²) in [6.07, 6.45) is 0.435. The van der Waals surface area contributed by atoms with E-state index >= 15 is 0 Å². The topological polar surface area (TPSA) is 33.3 Å². The first kappa shape index (κ1) is 14.3. The number of nitrogens with one attached hydrogen (secondary N) is 2. The number of hydrogen-bond donors (Lipinski definition) is 2. The van der Waals surface area contributed by atoms with E-state index in [0.717, 1.165) is 17.0 Å². The van der Waals surface area contributed by atoms with Gasteiger partial charge >= 0.3 is 0 Å². The van der Waals surface area contributed by atoms with Crippen LogP contribution in [0.1, 0.15) is 12.0 Å². The van der Waals surface area contributed by atoms with E-state index in [1.165, 1.54) is 0 Å². The van der Waals surface area contributed by atoms with Crippen molar-refractivity contribution >= 4 is 5.69 Å². The summed E-state index contributed by atoms with van der Waals surface area (Å²) in [5, 5.41) is 0. The van der Waals surface area contributed by atoms with Crippen LogP contribution >= 0.6 is 0 Å². The molecule has 0 aliphatic carbocycles. The van der Waals surface area contributed by atoms with Crippen molar-refractivity contribution in [2.45, 2.75) is 13.0 Å². The Morgan fingerprint density at radius 1 is 0.950 bits per heavy atom. The molecule has 2 aromatic carbocycles. The van der Waals surface area contributed by atoms with Crippen molar-refractivity contribution in [1.82, 2.24) is 5.43 Å². The van der Waals surface area contributed by atoms with Crippen molar-refractivity contribution in [3.05, 3.63) is 60.2 Å².